The second-order valence-corrected chi connectivity index (χ2v) is 7.47. The molecule has 0 radical (unpaired) electrons. The van der Waals surface area contributed by atoms with Gasteiger partial charge in [-0.1, -0.05) is 33.3 Å². The molecular formula is C18H31NO. The zero-order valence-corrected chi connectivity index (χ0v) is 14.5. The molecule has 2 rings (SSSR count). The summed E-state index contributed by atoms with van der Waals surface area (Å²) < 4.78 is 5.67. The highest BCUT2D eigenvalue weighted by Gasteiger charge is 2.55. The van der Waals surface area contributed by atoms with Gasteiger partial charge in [0.2, 0.25) is 0 Å². The van der Waals surface area contributed by atoms with Crippen LogP contribution >= 0.6 is 0 Å². The maximum atomic E-state index is 5.67. The van der Waals surface area contributed by atoms with Crippen molar-refractivity contribution in [1.82, 2.24) is 4.90 Å². The third-order valence-electron chi connectivity index (χ3n) is 4.55. The third-order valence-corrected chi connectivity index (χ3v) is 4.55. The van der Waals surface area contributed by atoms with Crippen molar-refractivity contribution in [3.8, 4) is 0 Å². The van der Waals surface area contributed by atoms with Gasteiger partial charge < -0.3 is 9.64 Å². The zero-order valence-electron chi connectivity index (χ0n) is 14.5. The molecule has 2 aliphatic heterocycles. The average molecular weight is 277 g/mol. The van der Waals surface area contributed by atoms with Crippen LogP contribution in [-0.4, -0.2) is 29.7 Å². The number of rotatable bonds is 3. The van der Waals surface area contributed by atoms with Crippen LogP contribution in [0.3, 0.4) is 0 Å². The summed E-state index contributed by atoms with van der Waals surface area (Å²) in [4.78, 5) is 2.67. The van der Waals surface area contributed by atoms with Gasteiger partial charge in [-0.15, -0.1) is 0 Å². The van der Waals surface area contributed by atoms with Crippen molar-refractivity contribution in [2.45, 2.75) is 67.0 Å². The van der Waals surface area contributed by atoms with E-state index in [1.54, 1.807) is 16.8 Å². The Bertz CT molecular complexity index is 446. The molecule has 0 aliphatic carbocycles. The van der Waals surface area contributed by atoms with E-state index in [0.717, 1.165) is 13.2 Å². The van der Waals surface area contributed by atoms with E-state index >= 15 is 0 Å². The van der Waals surface area contributed by atoms with Gasteiger partial charge in [0, 0.05) is 11.7 Å². The van der Waals surface area contributed by atoms with E-state index in [9.17, 15) is 0 Å². The quantitative estimate of drug-likeness (QED) is 0.759. The number of allylic oxidation sites excluding steroid dienone is 2. The van der Waals surface area contributed by atoms with Crippen molar-refractivity contribution in [3.05, 3.63) is 22.4 Å². The van der Waals surface area contributed by atoms with Crippen molar-refractivity contribution in [2.24, 2.45) is 11.8 Å². The predicted molar refractivity (Wildman–Crippen MR) is 85.6 cm³/mol. The fourth-order valence-electron chi connectivity index (χ4n) is 4.12. The molecule has 114 valence electrons. The summed E-state index contributed by atoms with van der Waals surface area (Å²) >= 11 is 0. The molecule has 1 saturated heterocycles. The second kappa shape index (κ2) is 5.22. The van der Waals surface area contributed by atoms with Gasteiger partial charge in [0.05, 0.1) is 13.2 Å². The van der Waals surface area contributed by atoms with Crippen LogP contribution in [-0.2, 0) is 4.74 Å². The Labute approximate surface area is 124 Å². The Kier molecular flexibility index (Phi) is 4.07. The molecule has 2 heterocycles. The van der Waals surface area contributed by atoms with Gasteiger partial charge in [-0.05, 0) is 50.7 Å². The predicted octanol–water partition coefficient (Wildman–Crippen LogP) is 4.38. The van der Waals surface area contributed by atoms with Gasteiger partial charge in [0.15, 0.2) is 0 Å². The molecule has 0 N–H and O–H groups in total. The lowest BCUT2D eigenvalue weighted by Crippen LogP contribution is -2.62. The Morgan fingerprint density at radius 3 is 1.80 bits per heavy atom. The smallest absolute Gasteiger partial charge is 0.112 e. The van der Waals surface area contributed by atoms with Crippen LogP contribution in [0.4, 0.5) is 0 Å². The van der Waals surface area contributed by atoms with E-state index in [1.807, 2.05) is 0 Å². The summed E-state index contributed by atoms with van der Waals surface area (Å²) in [5.41, 5.74) is 6.27. The highest BCUT2D eigenvalue weighted by atomic mass is 16.5. The minimum absolute atomic E-state index is 0.117. The number of ether oxygens (including phenoxy) is 1. The maximum Gasteiger partial charge on any atom is 0.112 e. The van der Waals surface area contributed by atoms with Gasteiger partial charge in [-0.3, -0.25) is 0 Å². The van der Waals surface area contributed by atoms with Gasteiger partial charge >= 0.3 is 0 Å². The fraction of sp³-hybridized carbons (Fsp3) is 0.778. The van der Waals surface area contributed by atoms with Gasteiger partial charge in [-0.25, -0.2) is 0 Å². The molecule has 0 saturated carbocycles. The normalized spacial score (nSPS) is 21.8. The standard InChI is InChI=1S/C18H31NO/c1-11(2)15-16(12(3)4)18(9-20-10-18)19(14(7)8)17(15)13(5)6/h11,13-14H,9-10H2,1-8H3. The number of hydrogen-bond donors (Lipinski definition) is 0. The van der Waals surface area contributed by atoms with E-state index in [1.165, 1.54) is 5.57 Å². The Morgan fingerprint density at radius 1 is 1.00 bits per heavy atom. The van der Waals surface area contributed by atoms with Crippen LogP contribution in [0.5, 0.6) is 0 Å². The van der Waals surface area contributed by atoms with E-state index in [0.29, 0.717) is 17.9 Å². The van der Waals surface area contributed by atoms with Crippen LogP contribution in [0.1, 0.15) is 55.4 Å². The average Bonchev–Trinajstić information content (AvgIpc) is 2.59. The highest BCUT2D eigenvalue weighted by Crippen LogP contribution is 2.52. The highest BCUT2D eigenvalue weighted by molar-refractivity contribution is 5.54. The van der Waals surface area contributed by atoms with Crippen molar-refractivity contribution in [3.63, 3.8) is 0 Å². The Balaban J connectivity index is 2.70. The molecule has 2 nitrogen and oxygen atoms in total. The molecule has 0 amide bonds. The van der Waals surface area contributed by atoms with E-state index in [4.69, 9.17) is 4.74 Å². The molecule has 0 atom stereocenters. The third kappa shape index (κ3) is 2.04. The lowest BCUT2D eigenvalue weighted by atomic mass is 9.79. The number of hydrogen-bond acceptors (Lipinski definition) is 2. The molecule has 2 aliphatic rings. The molecule has 2 heteroatoms. The summed E-state index contributed by atoms with van der Waals surface area (Å²) in [6.07, 6.45) is 0. The SMILES string of the molecule is CC(C)=C1C(C(C)C)=C(C(C)C)N(C(C)C)C12COC2. The summed E-state index contributed by atoms with van der Waals surface area (Å²) in [7, 11) is 0. The van der Waals surface area contributed by atoms with Gasteiger partial charge in [0.25, 0.3) is 0 Å². The first-order valence-corrected chi connectivity index (χ1v) is 8.03. The first-order chi connectivity index (χ1) is 9.24. The van der Waals surface area contributed by atoms with E-state index < -0.39 is 0 Å². The lowest BCUT2D eigenvalue weighted by Gasteiger charge is -2.51. The maximum absolute atomic E-state index is 5.67. The minimum Gasteiger partial charge on any atom is -0.376 e. The molecule has 0 unspecified atom stereocenters. The second-order valence-electron chi connectivity index (χ2n) is 7.47. The molecular weight excluding hydrogens is 246 g/mol. The van der Waals surface area contributed by atoms with Crippen molar-refractivity contribution in [2.75, 3.05) is 13.2 Å². The number of nitrogens with zero attached hydrogens (tertiary/aromatic N) is 1. The lowest BCUT2D eigenvalue weighted by molar-refractivity contribution is -0.111. The minimum atomic E-state index is 0.117. The van der Waals surface area contributed by atoms with Crippen LogP contribution in [0.25, 0.3) is 0 Å². The molecule has 20 heavy (non-hydrogen) atoms. The zero-order chi connectivity index (χ0) is 15.2. The van der Waals surface area contributed by atoms with Gasteiger partial charge in [0.1, 0.15) is 5.54 Å². The Hall–Kier alpha value is -0.760. The summed E-state index contributed by atoms with van der Waals surface area (Å²) in [6.45, 7) is 20.2. The van der Waals surface area contributed by atoms with Crippen LogP contribution in [0, 0.1) is 11.8 Å². The first kappa shape index (κ1) is 15.6. The molecule has 1 spiro atoms. The molecule has 0 aromatic carbocycles. The van der Waals surface area contributed by atoms with Gasteiger partial charge in [-0.2, -0.15) is 0 Å². The molecule has 0 aromatic heterocycles. The van der Waals surface area contributed by atoms with Crippen LogP contribution in [0.2, 0.25) is 0 Å². The molecule has 0 aromatic rings. The fourth-order valence-corrected chi connectivity index (χ4v) is 4.12. The van der Waals surface area contributed by atoms with Crippen LogP contribution < -0.4 is 0 Å². The molecule has 0 bridgehead atoms. The van der Waals surface area contributed by atoms with E-state index in [-0.39, 0.29) is 5.54 Å². The van der Waals surface area contributed by atoms with Crippen molar-refractivity contribution in [1.29, 1.82) is 0 Å². The van der Waals surface area contributed by atoms with Crippen LogP contribution in [0.15, 0.2) is 22.4 Å². The Morgan fingerprint density at radius 2 is 1.55 bits per heavy atom. The monoisotopic (exact) mass is 277 g/mol. The van der Waals surface area contributed by atoms with Crippen molar-refractivity contribution < 1.29 is 4.74 Å². The topological polar surface area (TPSA) is 12.5 Å². The summed E-state index contributed by atoms with van der Waals surface area (Å²) in [6, 6.07) is 0.516. The summed E-state index contributed by atoms with van der Waals surface area (Å²) in [5, 5.41) is 0. The largest absolute Gasteiger partial charge is 0.376 e. The molecule has 1 fully saturated rings. The first-order valence-electron chi connectivity index (χ1n) is 8.03. The van der Waals surface area contributed by atoms with E-state index in [2.05, 4.69) is 60.3 Å². The van der Waals surface area contributed by atoms with Crippen molar-refractivity contribution >= 4 is 0 Å². The summed E-state index contributed by atoms with van der Waals surface area (Å²) in [5.74, 6) is 1.13.